The van der Waals surface area contributed by atoms with Gasteiger partial charge in [0.05, 0.1) is 24.2 Å². The molecule has 1 aromatic carbocycles. The smallest absolute Gasteiger partial charge is 0.409 e. The Kier molecular flexibility index (Phi) is 7.33. The summed E-state index contributed by atoms with van der Waals surface area (Å²) in [5, 5.41) is 12.6. The number of halogens is 1. The summed E-state index contributed by atoms with van der Waals surface area (Å²) < 4.78 is 4.98. The first-order valence-corrected chi connectivity index (χ1v) is 8.88. The van der Waals surface area contributed by atoms with E-state index in [2.05, 4.69) is 5.32 Å². The summed E-state index contributed by atoms with van der Waals surface area (Å²) in [6, 6.07) is 7.16. The molecule has 1 heterocycles. The van der Waals surface area contributed by atoms with Crippen LogP contribution in [0.15, 0.2) is 24.3 Å². The van der Waals surface area contributed by atoms with Gasteiger partial charge >= 0.3 is 6.09 Å². The van der Waals surface area contributed by atoms with Crippen molar-refractivity contribution in [1.29, 1.82) is 0 Å². The summed E-state index contributed by atoms with van der Waals surface area (Å²) in [6.45, 7) is 4.18. The lowest BCUT2D eigenvalue weighted by atomic mass is 10.1. The molecular weight excluding hydrogens is 346 g/mol. The van der Waals surface area contributed by atoms with E-state index in [9.17, 15) is 14.7 Å². The second-order valence-corrected chi connectivity index (χ2v) is 6.02. The minimum absolute atomic E-state index is 0.105. The molecule has 2 N–H and O–H groups in total. The first kappa shape index (κ1) is 19.3. The highest BCUT2D eigenvalue weighted by Crippen LogP contribution is 2.18. The van der Waals surface area contributed by atoms with Crippen LogP contribution in [0.5, 0.6) is 0 Å². The molecule has 0 spiro atoms. The highest BCUT2D eigenvalue weighted by atomic mass is 35.5. The van der Waals surface area contributed by atoms with Gasteiger partial charge in [-0.15, -0.1) is 11.6 Å². The number of para-hydroxylation sites is 1. The molecule has 1 aromatic rings. The van der Waals surface area contributed by atoms with Gasteiger partial charge in [-0.3, -0.25) is 4.79 Å². The predicted molar refractivity (Wildman–Crippen MR) is 96.2 cm³/mol. The number of rotatable bonds is 6. The molecule has 25 heavy (non-hydrogen) atoms. The molecule has 1 fully saturated rings. The number of carbonyl (C=O) groups is 2. The number of piperazine rings is 1. The number of hydrogen-bond donors (Lipinski definition) is 2. The van der Waals surface area contributed by atoms with Gasteiger partial charge in [-0.25, -0.2) is 4.79 Å². The molecule has 0 aliphatic carbocycles. The Morgan fingerprint density at radius 1 is 1.24 bits per heavy atom. The second kappa shape index (κ2) is 9.48. The van der Waals surface area contributed by atoms with Crippen molar-refractivity contribution >= 4 is 29.3 Å². The third kappa shape index (κ3) is 5.24. The predicted octanol–water partition coefficient (Wildman–Crippen LogP) is 1.61. The lowest BCUT2D eigenvalue weighted by Gasteiger charge is -2.34. The summed E-state index contributed by atoms with van der Waals surface area (Å²) >= 11 is 5.60. The third-order valence-corrected chi connectivity index (χ3v) is 4.31. The molecule has 2 rings (SSSR count). The standard InChI is InChI=1S/C17H24ClN3O4/c1-2-25-17(24)21-9-7-20(8-10-21)16(23)14-5-3-4-6-15(14)19-12-13(22)11-18/h3-6,13,19,22H,2,7-12H2,1H3. The number of nitrogens with zero attached hydrogens (tertiary/aromatic N) is 2. The topological polar surface area (TPSA) is 82.1 Å². The molecule has 1 aliphatic heterocycles. The van der Waals surface area contributed by atoms with Gasteiger partial charge in [0.15, 0.2) is 0 Å². The fourth-order valence-corrected chi connectivity index (χ4v) is 2.69. The Bertz CT molecular complexity index is 591. The molecule has 7 nitrogen and oxygen atoms in total. The van der Waals surface area contributed by atoms with E-state index >= 15 is 0 Å². The summed E-state index contributed by atoms with van der Waals surface area (Å²) in [6.07, 6.45) is -1.02. The maximum absolute atomic E-state index is 12.8. The van der Waals surface area contributed by atoms with Gasteiger partial charge in [0.25, 0.3) is 5.91 Å². The van der Waals surface area contributed by atoms with Crippen molar-refractivity contribution in [3.63, 3.8) is 0 Å². The Morgan fingerprint density at radius 2 is 1.88 bits per heavy atom. The number of aliphatic hydroxyl groups is 1. The largest absolute Gasteiger partial charge is 0.450 e. The summed E-state index contributed by atoms with van der Waals surface area (Å²) in [5.41, 5.74) is 1.19. The van der Waals surface area contributed by atoms with Crippen LogP contribution < -0.4 is 5.32 Å². The van der Waals surface area contributed by atoms with E-state index in [1.807, 2.05) is 6.07 Å². The van der Waals surface area contributed by atoms with E-state index in [0.29, 0.717) is 44.0 Å². The molecule has 0 radical (unpaired) electrons. The zero-order chi connectivity index (χ0) is 18.2. The van der Waals surface area contributed by atoms with E-state index < -0.39 is 6.10 Å². The fourth-order valence-electron chi connectivity index (χ4n) is 2.58. The number of anilines is 1. The van der Waals surface area contributed by atoms with Crippen molar-refractivity contribution in [2.24, 2.45) is 0 Å². The number of aliphatic hydroxyl groups excluding tert-OH is 1. The molecule has 1 saturated heterocycles. The quantitative estimate of drug-likeness (QED) is 0.744. The third-order valence-electron chi connectivity index (χ3n) is 3.96. The summed E-state index contributed by atoms with van der Waals surface area (Å²) in [4.78, 5) is 27.9. The average molecular weight is 370 g/mol. The van der Waals surface area contributed by atoms with Crippen molar-refractivity contribution in [2.45, 2.75) is 13.0 Å². The number of carbonyl (C=O) groups excluding carboxylic acids is 2. The van der Waals surface area contributed by atoms with E-state index in [4.69, 9.17) is 16.3 Å². The van der Waals surface area contributed by atoms with Crippen LogP contribution >= 0.6 is 11.6 Å². The molecule has 1 unspecified atom stereocenters. The Morgan fingerprint density at radius 3 is 2.52 bits per heavy atom. The lowest BCUT2D eigenvalue weighted by molar-refractivity contribution is 0.0571. The minimum Gasteiger partial charge on any atom is -0.450 e. The van der Waals surface area contributed by atoms with Gasteiger partial charge in [0.1, 0.15) is 0 Å². The Labute approximate surface area is 152 Å². The van der Waals surface area contributed by atoms with Crippen molar-refractivity contribution in [3.05, 3.63) is 29.8 Å². The Balaban J connectivity index is 1.98. The molecule has 8 heteroatoms. The van der Waals surface area contributed by atoms with Gasteiger partial charge in [0.2, 0.25) is 0 Å². The molecule has 1 aliphatic rings. The van der Waals surface area contributed by atoms with E-state index in [1.54, 1.807) is 34.9 Å². The molecule has 138 valence electrons. The lowest BCUT2D eigenvalue weighted by Crippen LogP contribution is -2.50. The van der Waals surface area contributed by atoms with Crippen LogP contribution in [-0.4, -0.2) is 78.2 Å². The SMILES string of the molecule is CCOC(=O)N1CCN(C(=O)c2ccccc2NCC(O)CCl)CC1. The van der Waals surface area contributed by atoms with E-state index in [-0.39, 0.29) is 24.4 Å². The number of ether oxygens (including phenoxy) is 1. The van der Waals surface area contributed by atoms with Crippen molar-refractivity contribution in [3.8, 4) is 0 Å². The van der Waals surface area contributed by atoms with Gasteiger partial charge in [-0.1, -0.05) is 12.1 Å². The highest BCUT2D eigenvalue weighted by molar-refractivity contribution is 6.18. The molecule has 0 bridgehead atoms. The van der Waals surface area contributed by atoms with Crippen LogP contribution in [0.4, 0.5) is 10.5 Å². The van der Waals surface area contributed by atoms with Crippen molar-refractivity contribution < 1.29 is 19.4 Å². The monoisotopic (exact) mass is 369 g/mol. The van der Waals surface area contributed by atoms with Crippen LogP contribution in [0, 0.1) is 0 Å². The fraction of sp³-hybridized carbons (Fsp3) is 0.529. The first-order chi connectivity index (χ1) is 12.1. The number of alkyl halides is 1. The van der Waals surface area contributed by atoms with Crippen LogP contribution in [-0.2, 0) is 4.74 Å². The molecule has 2 amide bonds. The zero-order valence-electron chi connectivity index (χ0n) is 14.3. The minimum atomic E-state index is -0.682. The highest BCUT2D eigenvalue weighted by Gasteiger charge is 2.26. The van der Waals surface area contributed by atoms with Crippen LogP contribution in [0.1, 0.15) is 17.3 Å². The Hall–Kier alpha value is -1.99. The van der Waals surface area contributed by atoms with Gasteiger partial charge in [-0.2, -0.15) is 0 Å². The van der Waals surface area contributed by atoms with Gasteiger partial charge < -0.3 is 25.0 Å². The van der Waals surface area contributed by atoms with Crippen molar-refractivity contribution in [1.82, 2.24) is 9.80 Å². The normalized spacial score (nSPS) is 15.6. The zero-order valence-corrected chi connectivity index (χ0v) is 15.0. The molecular formula is C17H24ClN3O4. The van der Waals surface area contributed by atoms with E-state index in [0.717, 1.165) is 0 Å². The number of benzene rings is 1. The molecule has 1 atom stereocenters. The molecule has 0 saturated carbocycles. The van der Waals surface area contributed by atoms with Gasteiger partial charge in [-0.05, 0) is 19.1 Å². The first-order valence-electron chi connectivity index (χ1n) is 8.34. The average Bonchev–Trinajstić information content (AvgIpc) is 2.66. The van der Waals surface area contributed by atoms with Crippen LogP contribution in [0.2, 0.25) is 0 Å². The van der Waals surface area contributed by atoms with Crippen molar-refractivity contribution in [2.75, 3.05) is 50.5 Å². The maximum Gasteiger partial charge on any atom is 0.409 e. The van der Waals surface area contributed by atoms with E-state index in [1.165, 1.54) is 0 Å². The second-order valence-electron chi connectivity index (χ2n) is 5.71. The van der Waals surface area contributed by atoms with Crippen LogP contribution in [0.3, 0.4) is 0 Å². The summed E-state index contributed by atoms with van der Waals surface area (Å²) in [5.74, 6) is 0.0193. The number of amides is 2. The maximum atomic E-state index is 12.8. The van der Waals surface area contributed by atoms with Crippen LogP contribution in [0.25, 0.3) is 0 Å². The van der Waals surface area contributed by atoms with Gasteiger partial charge in [0, 0.05) is 38.4 Å². The summed E-state index contributed by atoms with van der Waals surface area (Å²) in [7, 11) is 0. The molecule has 0 aromatic heterocycles. The number of hydrogen-bond acceptors (Lipinski definition) is 5. The number of nitrogens with one attached hydrogen (secondary N) is 1.